The number of carbonyl (C=O) groups excluding carboxylic acids is 2. The Morgan fingerprint density at radius 3 is 2.34 bits per heavy atom. The van der Waals surface area contributed by atoms with E-state index in [2.05, 4.69) is 10.0 Å². The van der Waals surface area contributed by atoms with Gasteiger partial charge in [-0.05, 0) is 62.4 Å². The molecule has 8 heteroatoms. The Balaban J connectivity index is 1.33. The Kier molecular flexibility index (Phi) is 6.24. The minimum atomic E-state index is -3.66. The van der Waals surface area contributed by atoms with Crippen LogP contribution in [0, 0.1) is 6.92 Å². The number of amides is 2. The standard InChI is InChI=1S/C24H29N3O4S/c1-18-5-11-21(12-6-18)32(30,31)26-20-9-7-19(8-10-20)24(13-14-24)23(29)25-15-3-17-27-16-2-4-22(27)28/h5-12,26H,2-4,13-17H2,1H3,(H,25,29). The highest BCUT2D eigenvalue weighted by Crippen LogP contribution is 2.48. The summed E-state index contributed by atoms with van der Waals surface area (Å²) >= 11 is 0. The summed E-state index contributed by atoms with van der Waals surface area (Å²) in [4.78, 5) is 26.5. The van der Waals surface area contributed by atoms with Crippen molar-refractivity contribution in [2.45, 2.75) is 49.3 Å². The number of rotatable bonds is 9. The van der Waals surface area contributed by atoms with Crippen molar-refractivity contribution in [2.75, 3.05) is 24.4 Å². The van der Waals surface area contributed by atoms with E-state index in [4.69, 9.17) is 0 Å². The van der Waals surface area contributed by atoms with Gasteiger partial charge in [0, 0.05) is 31.7 Å². The van der Waals surface area contributed by atoms with E-state index < -0.39 is 15.4 Å². The molecule has 0 radical (unpaired) electrons. The number of likely N-dealkylation sites (tertiary alicyclic amines) is 1. The Morgan fingerprint density at radius 2 is 1.75 bits per heavy atom. The molecule has 1 aliphatic heterocycles. The average Bonchev–Trinajstić information content (AvgIpc) is 3.48. The number of aryl methyl sites for hydroxylation is 1. The second-order valence-corrected chi connectivity index (χ2v) is 10.4. The number of anilines is 1. The summed E-state index contributed by atoms with van der Waals surface area (Å²) < 4.78 is 27.7. The molecule has 7 nitrogen and oxygen atoms in total. The smallest absolute Gasteiger partial charge is 0.261 e. The van der Waals surface area contributed by atoms with Gasteiger partial charge in [-0.2, -0.15) is 0 Å². The van der Waals surface area contributed by atoms with Gasteiger partial charge < -0.3 is 10.2 Å². The lowest BCUT2D eigenvalue weighted by Gasteiger charge is -2.18. The maximum atomic E-state index is 12.8. The molecule has 0 unspecified atom stereocenters. The molecular formula is C24H29N3O4S. The van der Waals surface area contributed by atoms with Gasteiger partial charge in [0.15, 0.2) is 0 Å². The molecule has 0 atom stereocenters. The molecule has 1 saturated carbocycles. The molecule has 2 amide bonds. The molecule has 2 aromatic carbocycles. The third-order valence-electron chi connectivity index (χ3n) is 6.27. The molecule has 2 aliphatic rings. The normalized spacial score (nSPS) is 17.3. The molecule has 1 aliphatic carbocycles. The molecule has 0 aromatic heterocycles. The summed E-state index contributed by atoms with van der Waals surface area (Å²) in [6.45, 7) is 3.94. The van der Waals surface area contributed by atoms with Crippen LogP contribution in [0.2, 0.25) is 0 Å². The first-order valence-electron chi connectivity index (χ1n) is 11.1. The van der Waals surface area contributed by atoms with Crippen molar-refractivity contribution in [3.63, 3.8) is 0 Å². The van der Waals surface area contributed by atoms with Crippen LogP contribution < -0.4 is 10.0 Å². The SMILES string of the molecule is Cc1ccc(S(=O)(=O)Nc2ccc(C3(C(=O)NCCCN4CCCC4=O)CC3)cc2)cc1. The van der Waals surface area contributed by atoms with E-state index in [1.807, 2.05) is 24.0 Å². The van der Waals surface area contributed by atoms with E-state index in [9.17, 15) is 18.0 Å². The Labute approximate surface area is 189 Å². The van der Waals surface area contributed by atoms with Crippen molar-refractivity contribution < 1.29 is 18.0 Å². The Bertz CT molecular complexity index is 1090. The first-order chi connectivity index (χ1) is 15.3. The van der Waals surface area contributed by atoms with E-state index in [1.165, 1.54) is 0 Å². The maximum Gasteiger partial charge on any atom is 0.261 e. The molecule has 2 N–H and O–H groups in total. The number of hydrogen-bond acceptors (Lipinski definition) is 4. The fourth-order valence-electron chi connectivity index (χ4n) is 4.14. The van der Waals surface area contributed by atoms with Crippen LogP contribution in [0.5, 0.6) is 0 Å². The van der Waals surface area contributed by atoms with Crippen LogP contribution in [0.4, 0.5) is 5.69 Å². The van der Waals surface area contributed by atoms with E-state index >= 15 is 0 Å². The van der Waals surface area contributed by atoms with Crippen molar-refractivity contribution in [3.8, 4) is 0 Å². The second kappa shape index (κ2) is 8.94. The molecule has 1 saturated heterocycles. The fourth-order valence-corrected chi connectivity index (χ4v) is 5.20. The number of nitrogens with one attached hydrogen (secondary N) is 2. The van der Waals surface area contributed by atoms with Crippen LogP contribution >= 0.6 is 0 Å². The van der Waals surface area contributed by atoms with Crippen molar-refractivity contribution >= 4 is 27.5 Å². The van der Waals surface area contributed by atoms with Crippen LogP contribution in [-0.4, -0.2) is 44.8 Å². The molecular weight excluding hydrogens is 426 g/mol. The molecule has 2 aromatic rings. The quantitative estimate of drug-likeness (QED) is 0.568. The average molecular weight is 456 g/mol. The highest BCUT2D eigenvalue weighted by Gasteiger charge is 2.51. The Hall–Kier alpha value is -2.87. The molecule has 32 heavy (non-hydrogen) atoms. The van der Waals surface area contributed by atoms with E-state index in [0.29, 0.717) is 25.2 Å². The third-order valence-corrected chi connectivity index (χ3v) is 7.66. The minimum Gasteiger partial charge on any atom is -0.355 e. The Morgan fingerprint density at radius 1 is 1.06 bits per heavy atom. The summed E-state index contributed by atoms with van der Waals surface area (Å²) in [5.74, 6) is 0.200. The lowest BCUT2D eigenvalue weighted by atomic mass is 9.95. The lowest BCUT2D eigenvalue weighted by Crippen LogP contribution is -2.36. The summed E-state index contributed by atoms with van der Waals surface area (Å²) in [7, 11) is -3.66. The largest absolute Gasteiger partial charge is 0.355 e. The van der Waals surface area contributed by atoms with Crippen LogP contribution in [0.1, 0.15) is 43.2 Å². The maximum absolute atomic E-state index is 12.8. The number of benzene rings is 2. The summed E-state index contributed by atoms with van der Waals surface area (Å²) in [5, 5.41) is 3.01. The fraction of sp³-hybridized carbons (Fsp3) is 0.417. The highest BCUT2D eigenvalue weighted by molar-refractivity contribution is 7.92. The molecule has 1 heterocycles. The number of nitrogens with zero attached hydrogens (tertiary/aromatic N) is 1. The van der Waals surface area contributed by atoms with Crippen molar-refractivity contribution in [2.24, 2.45) is 0 Å². The van der Waals surface area contributed by atoms with Gasteiger partial charge in [-0.1, -0.05) is 29.8 Å². The van der Waals surface area contributed by atoms with Crippen molar-refractivity contribution in [1.82, 2.24) is 10.2 Å². The van der Waals surface area contributed by atoms with Gasteiger partial charge in [-0.3, -0.25) is 14.3 Å². The lowest BCUT2D eigenvalue weighted by molar-refractivity contribution is -0.127. The first-order valence-corrected chi connectivity index (χ1v) is 12.5. The highest BCUT2D eigenvalue weighted by atomic mass is 32.2. The number of hydrogen-bond donors (Lipinski definition) is 2. The van der Waals surface area contributed by atoms with Crippen molar-refractivity contribution in [3.05, 3.63) is 59.7 Å². The predicted octanol–water partition coefficient (Wildman–Crippen LogP) is 2.96. The minimum absolute atomic E-state index is 0.00163. The van der Waals surface area contributed by atoms with Gasteiger partial charge >= 0.3 is 0 Å². The molecule has 170 valence electrons. The first kappa shape index (κ1) is 22.3. The predicted molar refractivity (Wildman–Crippen MR) is 123 cm³/mol. The topological polar surface area (TPSA) is 95.6 Å². The third kappa shape index (κ3) is 4.80. The van der Waals surface area contributed by atoms with Crippen LogP contribution in [0.15, 0.2) is 53.4 Å². The van der Waals surface area contributed by atoms with Gasteiger partial charge in [0.05, 0.1) is 10.3 Å². The van der Waals surface area contributed by atoms with E-state index in [0.717, 1.165) is 43.4 Å². The van der Waals surface area contributed by atoms with Gasteiger partial charge in [0.2, 0.25) is 11.8 Å². The van der Waals surface area contributed by atoms with Gasteiger partial charge in [0.25, 0.3) is 10.0 Å². The molecule has 4 rings (SSSR count). The molecule has 0 bridgehead atoms. The van der Waals surface area contributed by atoms with Crippen molar-refractivity contribution in [1.29, 1.82) is 0 Å². The summed E-state index contributed by atoms with van der Waals surface area (Å²) in [6.07, 6.45) is 3.85. The van der Waals surface area contributed by atoms with Crippen LogP contribution in [0.25, 0.3) is 0 Å². The second-order valence-electron chi connectivity index (χ2n) is 8.67. The van der Waals surface area contributed by atoms with Gasteiger partial charge in [-0.15, -0.1) is 0 Å². The molecule has 0 spiro atoms. The van der Waals surface area contributed by atoms with Crippen LogP contribution in [0.3, 0.4) is 0 Å². The molecule has 2 fully saturated rings. The zero-order valence-electron chi connectivity index (χ0n) is 18.3. The number of carbonyl (C=O) groups is 2. The monoisotopic (exact) mass is 455 g/mol. The number of sulfonamides is 1. The van der Waals surface area contributed by atoms with Crippen LogP contribution in [-0.2, 0) is 25.0 Å². The van der Waals surface area contributed by atoms with E-state index in [-0.39, 0.29) is 16.7 Å². The zero-order valence-corrected chi connectivity index (χ0v) is 19.1. The van der Waals surface area contributed by atoms with Gasteiger partial charge in [-0.25, -0.2) is 8.42 Å². The van der Waals surface area contributed by atoms with Gasteiger partial charge in [0.1, 0.15) is 0 Å². The summed E-state index contributed by atoms with van der Waals surface area (Å²) in [5.41, 5.74) is 1.81. The van der Waals surface area contributed by atoms with E-state index in [1.54, 1.807) is 36.4 Å². The summed E-state index contributed by atoms with van der Waals surface area (Å²) in [6, 6.07) is 13.7. The zero-order chi connectivity index (χ0) is 22.8.